The van der Waals surface area contributed by atoms with Crippen molar-refractivity contribution in [2.75, 3.05) is 7.11 Å². The molecule has 22 heavy (non-hydrogen) atoms. The molecule has 0 spiro atoms. The van der Waals surface area contributed by atoms with E-state index in [-0.39, 0.29) is 0 Å². The summed E-state index contributed by atoms with van der Waals surface area (Å²) < 4.78 is 7.16. The quantitative estimate of drug-likeness (QED) is 0.682. The highest BCUT2D eigenvalue weighted by atomic mass is 16.5. The predicted molar refractivity (Wildman–Crippen MR) is 89.1 cm³/mol. The van der Waals surface area contributed by atoms with Gasteiger partial charge in [0.05, 0.1) is 13.7 Å². The standard InChI is InChI=1S/C17H22N4O/c1-12(2)20-16(17-19-10-13(3)21(17)4)18-11-14-6-8-15(22-5)9-7-14/h6-10H,1,11H2,2-5H3,(H,18,20). The van der Waals surface area contributed by atoms with Crippen LogP contribution in [0.2, 0.25) is 0 Å². The summed E-state index contributed by atoms with van der Waals surface area (Å²) in [6.07, 6.45) is 1.83. The number of hydrogen-bond donors (Lipinski definition) is 1. The molecule has 1 aromatic heterocycles. The maximum atomic E-state index is 5.16. The topological polar surface area (TPSA) is 51.4 Å². The van der Waals surface area contributed by atoms with E-state index < -0.39 is 0 Å². The number of allylic oxidation sites excluding steroid dienone is 1. The average Bonchev–Trinajstić information content (AvgIpc) is 2.83. The van der Waals surface area contributed by atoms with Gasteiger partial charge in [0.25, 0.3) is 0 Å². The van der Waals surface area contributed by atoms with Gasteiger partial charge in [-0.1, -0.05) is 18.7 Å². The van der Waals surface area contributed by atoms with Crippen LogP contribution in [0.25, 0.3) is 0 Å². The molecule has 0 saturated carbocycles. The van der Waals surface area contributed by atoms with Crippen molar-refractivity contribution in [3.63, 3.8) is 0 Å². The van der Waals surface area contributed by atoms with E-state index in [2.05, 4.69) is 21.9 Å². The Labute approximate surface area is 131 Å². The summed E-state index contributed by atoms with van der Waals surface area (Å²) in [4.78, 5) is 9.07. The molecule has 0 amide bonds. The molecule has 1 aromatic carbocycles. The summed E-state index contributed by atoms with van der Waals surface area (Å²) in [6.45, 7) is 8.36. The van der Waals surface area contributed by atoms with Crippen molar-refractivity contribution in [3.05, 3.63) is 59.8 Å². The molecule has 0 aliphatic heterocycles. The summed E-state index contributed by atoms with van der Waals surface area (Å²) in [5, 5.41) is 3.19. The number of ether oxygens (including phenoxy) is 1. The first-order valence-corrected chi connectivity index (χ1v) is 7.10. The molecule has 0 aliphatic carbocycles. The summed E-state index contributed by atoms with van der Waals surface area (Å²) in [5.41, 5.74) is 3.01. The average molecular weight is 298 g/mol. The molecule has 0 bridgehead atoms. The zero-order valence-corrected chi connectivity index (χ0v) is 13.6. The highest BCUT2D eigenvalue weighted by Crippen LogP contribution is 2.12. The maximum absolute atomic E-state index is 5.16. The molecule has 5 heteroatoms. The third-order valence-corrected chi connectivity index (χ3v) is 3.34. The molecule has 0 atom stereocenters. The van der Waals surface area contributed by atoms with Crippen LogP contribution in [-0.4, -0.2) is 22.5 Å². The van der Waals surface area contributed by atoms with E-state index in [4.69, 9.17) is 4.74 Å². The van der Waals surface area contributed by atoms with Gasteiger partial charge in [0.1, 0.15) is 5.75 Å². The van der Waals surface area contributed by atoms with Gasteiger partial charge in [0.2, 0.25) is 0 Å². The number of rotatable bonds is 5. The molecule has 116 valence electrons. The molecule has 1 heterocycles. The number of methoxy groups -OCH3 is 1. The number of amidine groups is 1. The fraction of sp³-hybridized carbons (Fsp3) is 0.294. The lowest BCUT2D eigenvalue weighted by Gasteiger charge is -2.10. The number of benzene rings is 1. The smallest absolute Gasteiger partial charge is 0.175 e. The fourth-order valence-electron chi connectivity index (χ4n) is 1.98. The maximum Gasteiger partial charge on any atom is 0.175 e. The minimum Gasteiger partial charge on any atom is -0.497 e. The van der Waals surface area contributed by atoms with Crippen LogP contribution in [0, 0.1) is 6.92 Å². The molecule has 0 aliphatic rings. The second-order valence-electron chi connectivity index (χ2n) is 5.20. The van der Waals surface area contributed by atoms with Crippen LogP contribution in [0.15, 0.2) is 47.7 Å². The Morgan fingerprint density at radius 2 is 2.05 bits per heavy atom. The minimum absolute atomic E-state index is 0.561. The van der Waals surface area contributed by atoms with Crippen LogP contribution in [-0.2, 0) is 13.6 Å². The Morgan fingerprint density at radius 3 is 2.55 bits per heavy atom. The molecule has 0 fully saturated rings. The summed E-state index contributed by atoms with van der Waals surface area (Å²) in [7, 11) is 3.63. The monoisotopic (exact) mass is 298 g/mol. The van der Waals surface area contributed by atoms with Gasteiger partial charge in [0.15, 0.2) is 11.7 Å². The summed E-state index contributed by atoms with van der Waals surface area (Å²) in [6, 6.07) is 7.87. The van der Waals surface area contributed by atoms with E-state index >= 15 is 0 Å². The molecule has 5 nitrogen and oxygen atoms in total. The fourth-order valence-corrected chi connectivity index (χ4v) is 1.98. The van der Waals surface area contributed by atoms with Crippen LogP contribution in [0.1, 0.15) is 24.0 Å². The highest BCUT2D eigenvalue weighted by Gasteiger charge is 2.10. The van der Waals surface area contributed by atoms with Crippen LogP contribution in [0.4, 0.5) is 0 Å². The Morgan fingerprint density at radius 1 is 1.36 bits per heavy atom. The second kappa shape index (κ2) is 6.93. The van der Waals surface area contributed by atoms with Crippen LogP contribution in [0.5, 0.6) is 5.75 Å². The molecule has 2 aromatic rings. The SMILES string of the molecule is C=C(C)NC(=NCc1ccc(OC)cc1)c1ncc(C)n1C. The molecular weight excluding hydrogens is 276 g/mol. The van der Waals surface area contributed by atoms with Crippen molar-refractivity contribution >= 4 is 5.84 Å². The normalized spacial score (nSPS) is 11.4. The number of nitrogens with one attached hydrogen (secondary N) is 1. The Hall–Kier alpha value is -2.56. The molecule has 2 rings (SSSR count). The number of imidazole rings is 1. The zero-order valence-electron chi connectivity index (χ0n) is 13.6. The van der Waals surface area contributed by atoms with Crippen LogP contribution < -0.4 is 10.1 Å². The largest absolute Gasteiger partial charge is 0.497 e. The van der Waals surface area contributed by atoms with E-state index in [1.807, 2.05) is 55.9 Å². The first-order valence-electron chi connectivity index (χ1n) is 7.10. The number of aryl methyl sites for hydroxylation is 1. The lowest BCUT2D eigenvalue weighted by molar-refractivity contribution is 0.414. The lowest BCUT2D eigenvalue weighted by Crippen LogP contribution is -2.26. The van der Waals surface area contributed by atoms with Gasteiger partial charge in [-0.3, -0.25) is 4.99 Å². The number of aliphatic imine (C=N–C) groups is 1. The van der Waals surface area contributed by atoms with Gasteiger partial charge in [-0.05, 0) is 31.5 Å². The van der Waals surface area contributed by atoms with Crippen molar-refractivity contribution in [3.8, 4) is 5.75 Å². The Kier molecular flexibility index (Phi) is 4.99. The first-order chi connectivity index (χ1) is 10.5. The minimum atomic E-state index is 0.561. The molecular formula is C17H22N4O. The molecule has 0 unspecified atom stereocenters. The van der Waals surface area contributed by atoms with Gasteiger partial charge >= 0.3 is 0 Å². The number of hydrogen-bond acceptors (Lipinski definition) is 3. The van der Waals surface area contributed by atoms with Crippen molar-refractivity contribution in [2.24, 2.45) is 12.0 Å². The van der Waals surface area contributed by atoms with Gasteiger partial charge < -0.3 is 14.6 Å². The predicted octanol–water partition coefficient (Wildman–Crippen LogP) is 2.81. The summed E-state index contributed by atoms with van der Waals surface area (Å²) in [5.74, 6) is 2.36. The van der Waals surface area contributed by atoms with Crippen molar-refractivity contribution in [2.45, 2.75) is 20.4 Å². The lowest BCUT2D eigenvalue weighted by atomic mass is 10.2. The van der Waals surface area contributed by atoms with Crippen molar-refractivity contribution in [1.29, 1.82) is 0 Å². The first kappa shape index (κ1) is 15.8. The van der Waals surface area contributed by atoms with Gasteiger partial charge in [-0.25, -0.2) is 4.98 Å². The van der Waals surface area contributed by atoms with Gasteiger partial charge in [-0.2, -0.15) is 0 Å². The highest BCUT2D eigenvalue weighted by molar-refractivity contribution is 5.96. The van der Waals surface area contributed by atoms with E-state index in [0.29, 0.717) is 6.54 Å². The van der Waals surface area contributed by atoms with Gasteiger partial charge in [-0.15, -0.1) is 0 Å². The number of nitrogens with zero attached hydrogens (tertiary/aromatic N) is 3. The zero-order chi connectivity index (χ0) is 16.1. The van der Waals surface area contributed by atoms with E-state index in [1.165, 1.54) is 0 Å². The van der Waals surface area contributed by atoms with E-state index in [9.17, 15) is 0 Å². The van der Waals surface area contributed by atoms with Crippen molar-refractivity contribution < 1.29 is 4.74 Å². The van der Waals surface area contributed by atoms with E-state index in [1.54, 1.807) is 7.11 Å². The van der Waals surface area contributed by atoms with Crippen molar-refractivity contribution in [1.82, 2.24) is 14.9 Å². The molecule has 0 radical (unpaired) electrons. The van der Waals surface area contributed by atoms with Crippen LogP contribution in [0.3, 0.4) is 0 Å². The summed E-state index contributed by atoms with van der Waals surface area (Å²) >= 11 is 0. The molecule has 0 saturated heterocycles. The molecule has 1 N–H and O–H groups in total. The third kappa shape index (κ3) is 3.75. The third-order valence-electron chi connectivity index (χ3n) is 3.34. The number of aromatic nitrogens is 2. The van der Waals surface area contributed by atoms with E-state index in [0.717, 1.165) is 34.4 Å². The van der Waals surface area contributed by atoms with Crippen LogP contribution >= 0.6 is 0 Å². The van der Waals surface area contributed by atoms with Gasteiger partial charge in [0, 0.05) is 24.6 Å². The second-order valence-corrected chi connectivity index (χ2v) is 5.20. The Bertz CT molecular complexity index is 683. The Balaban J connectivity index is 2.24.